The first kappa shape index (κ1) is 12.0. The van der Waals surface area contributed by atoms with Gasteiger partial charge in [-0.3, -0.25) is 4.90 Å². The number of benzene rings is 1. The average Bonchev–Trinajstić information content (AvgIpc) is 2.38. The molecule has 3 heteroatoms. The van der Waals surface area contributed by atoms with E-state index < -0.39 is 0 Å². The van der Waals surface area contributed by atoms with Crippen LogP contribution >= 0.6 is 0 Å². The molecule has 98 valence electrons. The van der Waals surface area contributed by atoms with Crippen LogP contribution in [-0.4, -0.2) is 41.8 Å². The molecule has 2 aliphatic rings. The molecule has 0 saturated carbocycles. The Morgan fingerprint density at radius 1 is 1.39 bits per heavy atom. The predicted octanol–water partition coefficient (Wildman–Crippen LogP) is 1.97. The van der Waals surface area contributed by atoms with E-state index in [1.54, 1.807) is 6.07 Å². The average molecular weight is 247 g/mol. The molecule has 0 aromatic heterocycles. The van der Waals surface area contributed by atoms with Crippen molar-refractivity contribution in [1.29, 1.82) is 0 Å². The zero-order valence-electron chi connectivity index (χ0n) is 10.9. The highest BCUT2D eigenvalue weighted by molar-refractivity contribution is 5.42. The second-order valence-electron chi connectivity index (χ2n) is 5.34. The van der Waals surface area contributed by atoms with Gasteiger partial charge in [-0.25, -0.2) is 0 Å². The van der Waals surface area contributed by atoms with E-state index in [1.165, 1.54) is 12.0 Å². The van der Waals surface area contributed by atoms with Crippen LogP contribution in [0.4, 0.5) is 0 Å². The van der Waals surface area contributed by atoms with Gasteiger partial charge in [0.1, 0.15) is 5.75 Å². The van der Waals surface area contributed by atoms with E-state index in [0.29, 0.717) is 11.8 Å². The van der Waals surface area contributed by atoms with Crippen molar-refractivity contribution in [1.82, 2.24) is 4.90 Å². The van der Waals surface area contributed by atoms with Crippen LogP contribution in [0.25, 0.3) is 0 Å². The first-order valence-corrected chi connectivity index (χ1v) is 6.95. The second-order valence-corrected chi connectivity index (χ2v) is 5.34. The Kier molecular flexibility index (Phi) is 3.27. The number of phenolic OH excluding ortho intramolecular Hbond substituents is 1. The minimum Gasteiger partial charge on any atom is -0.508 e. The number of morpholine rings is 1. The molecule has 0 radical (unpaired) electrons. The van der Waals surface area contributed by atoms with Crippen LogP contribution in [-0.2, 0) is 17.6 Å². The number of nitrogens with zero attached hydrogens (tertiary/aromatic N) is 1. The molecule has 1 aromatic carbocycles. The number of phenols is 1. The van der Waals surface area contributed by atoms with Crippen LogP contribution in [0.15, 0.2) is 18.2 Å². The third-order valence-electron chi connectivity index (χ3n) is 4.20. The summed E-state index contributed by atoms with van der Waals surface area (Å²) in [7, 11) is 0. The summed E-state index contributed by atoms with van der Waals surface area (Å²) in [5.41, 5.74) is 2.39. The van der Waals surface area contributed by atoms with E-state index in [0.717, 1.165) is 38.1 Å². The highest BCUT2D eigenvalue weighted by Crippen LogP contribution is 2.33. The van der Waals surface area contributed by atoms with Gasteiger partial charge < -0.3 is 9.84 Å². The quantitative estimate of drug-likeness (QED) is 0.867. The minimum atomic E-state index is 0.256. The summed E-state index contributed by atoms with van der Waals surface area (Å²) in [5, 5.41) is 9.95. The molecule has 1 N–H and O–H groups in total. The molecule has 2 atom stereocenters. The maximum absolute atomic E-state index is 9.95. The van der Waals surface area contributed by atoms with Crippen molar-refractivity contribution in [3.8, 4) is 5.75 Å². The van der Waals surface area contributed by atoms with Gasteiger partial charge in [-0.1, -0.05) is 19.1 Å². The molecule has 3 nitrogen and oxygen atoms in total. The lowest BCUT2D eigenvalue weighted by Gasteiger charge is -2.44. The maximum Gasteiger partial charge on any atom is 0.119 e. The lowest BCUT2D eigenvalue weighted by molar-refractivity contribution is -0.0741. The van der Waals surface area contributed by atoms with Crippen molar-refractivity contribution >= 4 is 0 Å². The molecule has 1 aliphatic heterocycles. The molecule has 0 amide bonds. The number of hydrogen-bond donors (Lipinski definition) is 1. The van der Waals surface area contributed by atoms with Gasteiger partial charge in [-0.2, -0.15) is 0 Å². The van der Waals surface area contributed by atoms with Crippen molar-refractivity contribution < 1.29 is 9.84 Å². The maximum atomic E-state index is 9.95. The van der Waals surface area contributed by atoms with Gasteiger partial charge in [0.25, 0.3) is 0 Å². The molecule has 0 spiro atoms. The summed E-state index contributed by atoms with van der Waals surface area (Å²) in [6.07, 6.45) is 3.31. The van der Waals surface area contributed by atoms with Crippen LogP contribution in [0.5, 0.6) is 5.75 Å². The number of ether oxygens (including phenoxy) is 1. The third-order valence-corrected chi connectivity index (χ3v) is 4.20. The van der Waals surface area contributed by atoms with Gasteiger partial charge in [-0.15, -0.1) is 0 Å². The van der Waals surface area contributed by atoms with Crippen LogP contribution in [0, 0.1) is 0 Å². The highest BCUT2D eigenvalue weighted by atomic mass is 16.5. The van der Waals surface area contributed by atoms with Crippen LogP contribution < -0.4 is 0 Å². The lowest BCUT2D eigenvalue weighted by atomic mass is 9.84. The number of fused-ring (bicyclic) bond motifs is 2. The number of rotatable bonds is 2. The molecule has 1 aliphatic carbocycles. The summed E-state index contributed by atoms with van der Waals surface area (Å²) in [5.74, 6) is 0.433. The zero-order valence-corrected chi connectivity index (χ0v) is 10.9. The minimum absolute atomic E-state index is 0.256. The van der Waals surface area contributed by atoms with Crippen LogP contribution in [0.2, 0.25) is 0 Å². The fraction of sp³-hybridized carbons (Fsp3) is 0.600. The molecule has 1 fully saturated rings. The molecule has 0 unspecified atom stereocenters. The third kappa shape index (κ3) is 2.02. The van der Waals surface area contributed by atoms with Crippen LogP contribution in [0.3, 0.4) is 0 Å². The SMILES string of the molecule is CCCN1CCO[C@H]2Cc3c(O)cccc3C[C@@H]21. The number of aromatic hydroxyl groups is 1. The van der Waals surface area contributed by atoms with E-state index in [-0.39, 0.29) is 6.10 Å². The predicted molar refractivity (Wildman–Crippen MR) is 70.9 cm³/mol. The molecule has 0 bridgehead atoms. The highest BCUT2D eigenvalue weighted by Gasteiger charge is 2.36. The topological polar surface area (TPSA) is 32.7 Å². The van der Waals surface area contributed by atoms with Gasteiger partial charge in [-0.05, 0) is 36.6 Å². The molecule has 3 rings (SSSR count). The molecule has 1 heterocycles. The fourth-order valence-corrected chi connectivity index (χ4v) is 3.33. The van der Waals surface area contributed by atoms with Crippen molar-refractivity contribution in [2.75, 3.05) is 19.7 Å². The van der Waals surface area contributed by atoms with Gasteiger partial charge in [0, 0.05) is 19.0 Å². The summed E-state index contributed by atoms with van der Waals surface area (Å²) in [6.45, 7) is 5.25. The van der Waals surface area contributed by atoms with Crippen molar-refractivity contribution in [3.05, 3.63) is 29.3 Å². The normalized spacial score (nSPS) is 27.6. The molecule has 1 aromatic rings. The lowest BCUT2D eigenvalue weighted by Crippen LogP contribution is -2.55. The summed E-state index contributed by atoms with van der Waals surface area (Å²) in [4.78, 5) is 2.56. The largest absolute Gasteiger partial charge is 0.508 e. The summed E-state index contributed by atoms with van der Waals surface area (Å²) >= 11 is 0. The monoisotopic (exact) mass is 247 g/mol. The Bertz CT molecular complexity index is 431. The molecular weight excluding hydrogens is 226 g/mol. The Morgan fingerprint density at radius 3 is 3.11 bits per heavy atom. The molecule has 1 saturated heterocycles. The smallest absolute Gasteiger partial charge is 0.119 e. The standard InChI is InChI=1S/C15H21NO2/c1-2-6-16-7-8-18-15-10-12-11(9-13(15)16)4-3-5-14(12)17/h3-5,13,15,17H,2,6-10H2,1H3/t13-,15-/m0/s1. The van der Waals surface area contributed by atoms with Gasteiger partial charge >= 0.3 is 0 Å². The first-order chi connectivity index (χ1) is 8.79. The van der Waals surface area contributed by atoms with Gasteiger partial charge in [0.05, 0.1) is 12.7 Å². The van der Waals surface area contributed by atoms with Crippen molar-refractivity contribution in [2.24, 2.45) is 0 Å². The van der Waals surface area contributed by atoms with E-state index in [9.17, 15) is 5.11 Å². The summed E-state index contributed by atoms with van der Waals surface area (Å²) < 4.78 is 5.92. The fourth-order valence-electron chi connectivity index (χ4n) is 3.33. The Hall–Kier alpha value is -1.06. The zero-order chi connectivity index (χ0) is 12.5. The Balaban J connectivity index is 1.88. The van der Waals surface area contributed by atoms with Gasteiger partial charge in [0.2, 0.25) is 0 Å². The molecule has 18 heavy (non-hydrogen) atoms. The van der Waals surface area contributed by atoms with Gasteiger partial charge in [0.15, 0.2) is 0 Å². The first-order valence-electron chi connectivity index (χ1n) is 6.95. The Morgan fingerprint density at radius 2 is 2.28 bits per heavy atom. The van der Waals surface area contributed by atoms with E-state index in [1.807, 2.05) is 6.07 Å². The van der Waals surface area contributed by atoms with Crippen LogP contribution in [0.1, 0.15) is 24.5 Å². The Labute approximate surface area is 108 Å². The van der Waals surface area contributed by atoms with Crippen molar-refractivity contribution in [3.63, 3.8) is 0 Å². The van der Waals surface area contributed by atoms with E-state index >= 15 is 0 Å². The summed E-state index contributed by atoms with van der Waals surface area (Å²) in [6, 6.07) is 6.37. The van der Waals surface area contributed by atoms with E-state index in [4.69, 9.17) is 4.74 Å². The second kappa shape index (κ2) is 4.90. The van der Waals surface area contributed by atoms with E-state index in [2.05, 4.69) is 17.9 Å². The molecular formula is C15H21NO2. The number of hydrogen-bond acceptors (Lipinski definition) is 3. The van der Waals surface area contributed by atoms with Crippen molar-refractivity contribution in [2.45, 2.75) is 38.3 Å².